The van der Waals surface area contributed by atoms with Gasteiger partial charge in [-0.05, 0) is 11.5 Å². The topological polar surface area (TPSA) is 21.3 Å². The van der Waals surface area contributed by atoms with Gasteiger partial charge >= 0.3 is 0 Å². The summed E-state index contributed by atoms with van der Waals surface area (Å²) in [5.41, 5.74) is 2.25. The van der Waals surface area contributed by atoms with Crippen molar-refractivity contribution in [3.05, 3.63) is 41.0 Å². The molecular formula is C16H23F2NO. The number of benzene rings is 1. The van der Waals surface area contributed by atoms with Crippen molar-refractivity contribution < 1.29 is 13.5 Å². The summed E-state index contributed by atoms with van der Waals surface area (Å²) < 4.78 is 30.0. The van der Waals surface area contributed by atoms with Crippen molar-refractivity contribution in [2.75, 3.05) is 26.8 Å². The van der Waals surface area contributed by atoms with Crippen LogP contribution in [0.5, 0.6) is 0 Å². The molecule has 4 heteroatoms. The standard InChI is InChI=1S/C16H23F2NO/c1-12(2)15(11-19-8-9-20-3)10-13-4-6-14(7-5-13)16(17)18/h4-7,10,12,16,19H,8-9,11H2,1-3H3/b15-10-. The molecule has 1 aromatic carbocycles. The first-order chi connectivity index (χ1) is 9.54. The molecule has 0 amide bonds. The van der Waals surface area contributed by atoms with Gasteiger partial charge in [0.1, 0.15) is 0 Å². The molecule has 0 spiro atoms. The molecule has 20 heavy (non-hydrogen) atoms. The Balaban J connectivity index is 2.69. The molecule has 0 bridgehead atoms. The molecule has 0 radical (unpaired) electrons. The number of hydrogen-bond acceptors (Lipinski definition) is 2. The van der Waals surface area contributed by atoms with Crippen molar-refractivity contribution in [3.8, 4) is 0 Å². The quantitative estimate of drug-likeness (QED) is 0.731. The van der Waals surface area contributed by atoms with E-state index in [1.807, 2.05) is 0 Å². The molecule has 1 rings (SSSR count). The van der Waals surface area contributed by atoms with Crippen molar-refractivity contribution in [2.24, 2.45) is 5.92 Å². The molecule has 1 aromatic rings. The minimum absolute atomic E-state index is 0.0615. The molecule has 0 aliphatic rings. The zero-order valence-corrected chi connectivity index (χ0v) is 12.3. The van der Waals surface area contributed by atoms with Crippen LogP contribution in [0.2, 0.25) is 0 Å². The lowest BCUT2D eigenvalue weighted by molar-refractivity contribution is 0.151. The maximum atomic E-state index is 12.5. The molecule has 0 saturated heterocycles. The number of rotatable bonds is 8. The largest absolute Gasteiger partial charge is 0.383 e. The fraction of sp³-hybridized carbons (Fsp3) is 0.500. The fourth-order valence-electron chi connectivity index (χ4n) is 1.78. The van der Waals surface area contributed by atoms with Crippen molar-refractivity contribution in [1.29, 1.82) is 0 Å². The van der Waals surface area contributed by atoms with Gasteiger partial charge in [0.05, 0.1) is 6.61 Å². The van der Waals surface area contributed by atoms with Crippen LogP contribution in [0, 0.1) is 5.92 Å². The second-order valence-corrected chi connectivity index (χ2v) is 5.01. The average Bonchev–Trinajstić information content (AvgIpc) is 2.42. The fourth-order valence-corrected chi connectivity index (χ4v) is 1.78. The van der Waals surface area contributed by atoms with Crippen LogP contribution in [0.3, 0.4) is 0 Å². The maximum Gasteiger partial charge on any atom is 0.263 e. The lowest BCUT2D eigenvalue weighted by Crippen LogP contribution is -2.23. The first-order valence-corrected chi connectivity index (χ1v) is 6.82. The first-order valence-electron chi connectivity index (χ1n) is 6.82. The van der Waals surface area contributed by atoms with Gasteiger partial charge in [0.25, 0.3) is 6.43 Å². The zero-order valence-electron chi connectivity index (χ0n) is 12.3. The Labute approximate surface area is 119 Å². The summed E-state index contributed by atoms with van der Waals surface area (Å²) in [4.78, 5) is 0. The van der Waals surface area contributed by atoms with Gasteiger partial charge in [-0.2, -0.15) is 0 Å². The second kappa shape index (κ2) is 8.82. The van der Waals surface area contributed by atoms with Crippen LogP contribution >= 0.6 is 0 Å². The van der Waals surface area contributed by atoms with Gasteiger partial charge in [-0.25, -0.2) is 8.78 Å². The highest BCUT2D eigenvalue weighted by Crippen LogP contribution is 2.20. The van der Waals surface area contributed by atoms with Crippen LogP contribution in [0.15, 0.2) is 29.8 Å². The van der Waals surface area contributed by atoms with E-state index >= 15 is 0 Å². The van der Waals surface area contributed by atoms with E-state index in [0.29, 0.717) is 12.5 Å². The molecule has 0 atom stereocenters. The summed E-state index contributed by atoms with van der Waals surface area (Å²) >= 11 is 0. The molecule has 0 unspecified atom stereocenters. The van der Waals surface area contributed by atoms with Crippen LogP contribution < -0.4 is 5.32 Å². The normalized spacial score (nSPS) is 12.4. The van der Waals surface area contributed by atoms with Gasteiger partial charge in [-0.3, -0.25) is 0 Å². The zero-order chi connectivity index (χ0) is 15.0. The van der Waals surface area contributed by atoms with Crippen molar-refractivity contribution >= 4 is 6.08 Å². The molecule has 0 aliphatic heterocycles. The van der Waals surface area contributed by atoms with E-state index in [9.17, 15) is 8.78 Å². The molecule has 0 saturated carbocycles. The Bertz CT molecular complexity index is 413. The Kier molecular flexibility index (Phi) is 7.41. The third kappa shape index (κ3) is 5.80. The second-order valence-electron chi connectivity index (χ2n) is 5.01. The van der Waals surface area contributed by atoms with E-state index in [-0.39, 0.29) is 5.56 Å². The van der Waals surface area contributed by atoms with E-state index in [0.717, 1.165) is 18.7 Å². The highest BCUT2D eigenvalue weighted by molar-refractivity contribution is 5.54. The predicted octanol–water partition coefficient (Wildman–Crippen LogP) is 3.90. The van der Waals surface area contributed by atoms with Gasteiger partial charge in [0, 0.05) is 25.8 Å². The molecule has 0 fully saturated rings. The summed E-state index contributed by atoms with van der Waals surface area (Å²) in [5.74, 6) is 0.403. The number of ether oxygens (including phenoxy) is 1. The number of alkyl halides is 2. The smallest absolute Gasteiger partial charge is 0.263 e. The van der Waals surface area contributed by atoms with Crippen LogP contribution in [-0.2, 0) is 4.74 Å². The molecule has 2 nitrogen and oxygen atoms in total. The lowest BCUT2D eigenvalue weighted by Gasteiger charge is -2.13. The van der Waals surface area contributed by atoms with Gasteiger partial charge in [-0.15, -0.1) is 0 Å². The lowest BCUT2D eigenvalue weighted by atomic mass is 9.99. The number of nitrogens with one attached hydrogen (secondary N) is 1. The Hall–Kier alpha value is -1.26. The third-order valence-corrected chi connectivity index (χ3v) is 3.09. The maximum absolute atomic E-state index is 12.5. The molecular weight excluding hydrogens is 260 g/mol. The van der Waals surface area contributed by atoms with Gasteiger partial charge in [-0.1, -0.05) is 49.8 Å². The van der Waals surface area contributed by atoms with E-state index in [1.165, 1.54) is 17.7 Å². The molecule has 0 aliphatic carbocycles. The van der Waals surface area contributed by atoms with Gasteiger partial charge in [0.15, 0.2) is 0 Å². The van der Waals surface area contributed by atoms with Gasteiger partial charge in [0.2, 0.25) is 0 Å². The van der Waals surface area contributed by atoms with Crippen molar-refractivity contribution in [3.63, 3.8) is 0 Å². The van der Waals surface area contributed by atoms with Crippen LogP contribution in [-0.4, -0.2) is 26.8 Å². The molecule has 0 aromatic heterocycles. The van der Waals surface area contributed by atoms with E-state index in [1.54, 1.807) is 19.2 Å². The van der Waals surface area contributed by atoms with E-state index in [2.05, 4.69) is 25.2 Å². The van der Waals surface area contributed by atoms with Crippen molar-refractivity contribution in [1.82, 2.24) is 5.32 Å². The number of hydrogen-bond donors (Lipinski definition) is 1. The first kappa shape index (κ1) is 16.8. The minimum atomic E-state index is -2.41. The van der Waals surface area contributed by atoms with Crippen LogP contribution in [0.25, 0.3) is 6.08 Å². The monoisotopic (exact) mass is 283 g/mol. The molecule has 1 N–H and O–H groups in total. The highest BCUT2D eigenvalue weighted by Gasteiger charge is 2.07. The Morgan fingerprint density at radius 1 is 1.25 bits per heavy atom. The van der Waals surface area contributed by atoms with E-state index in [4.69, 9.17) is 4.74 Å². The van der Waals surface area contributed by atoms with Crippen molar-refractivity contribution in [2.45, 2.75) is 20.3 Å². The summed E-state index contributed by atoms with van der Waals surface area (Å²) in [5, 5.41) is 3.30. The SMILES string of the molecule is COCCNC/C(=C/c1ccc(C(F)F)cc1)C(C)C. The minimum Gasteiger partial charge on any atom is -0.383 e. The number of halogens is 2. The van der Waals surface area contributed by atoms with Crippen LogP contribution in [0.4, 0.5) is 8.78 Å². The summed E-state index contributed by atoms with van der Waals surface area (Å²) in [6.45, 7) is 6.49. The average molecular weight is 283 g/mol. The summed E-state index contributed by atoms with van der Waals surface area (Å²) in [6, 6.07) is 6.43. The highest BCUT2D eigenvalue weighted by atomic mass is 19.3. The van der Waals surface area contributed by atoms with Crippen LogP contribution in [0.1, 0.15) is 31.4 Å². The summed E-state index contributed by atoms with van der Waals surface area (Å²) in [7, 11) is 1.67. The van der Waals surface area contributed by atoms with E-state index < -0.39 is 6.43 Å². The summed E-state index contributed by atoms with van der Waals surface area (Å²) in [6.07, 6.45) is -0.354. The third-order valence-electron chi connectivity index (χ3n) is 3.09. The Morgan fingerprint density at radius 3 is 2.40 bits per heavy atom. The molecule has 0 heterocycles. The molecule has 112 valence electrons. The van der Waals surface area contributed by atoms with Gasteiger partial charge < -0.3 is 10.1 Å². The Morgan fingerprint density at radius 2 is 1.90 bits per heavy atom. The predicted molar refractivity (Wildman–Crippen MR) is 79.0 cm³/mol. The number of methoxy groups -OCH3 is 1.